The molecule has 0 spiro atoms. The average Bonchev–Trinajstić information content (AvgIpc) is 3.01. The van der Waals surface area contributed by atoms with Gasteiger partial charge in [-0.25, -0.2) is 0 Å². The van der Waals surface area contributed by atoms with Crippen molar-refractivity contribution in [2.75, 3.05) is 0 Å². The van der Waals surface area contributed by atoms with E-state index in [4.69, 9.17) is 17.0 Å². The molecule has 1 fully saturated rings. The first-order valence-corrected chi connectivity index (χ1v) is 11.0. The maximum atomic E-state index is 13.4. The molecule has 0 aromatic heterocycles. The number of nitrogens with zero attached hydrogens (tertiary/aromatic N) is 1. The SMILES string of the molecule is C=C(/C=C1\SC(=S)N(Cc2ccccc2)C1=O)O/C(=C\CC)c1ccccc1C(F)(F)F. The van der Waals surface area contributed by atoms with Crippen LogP contribution in [-0.2, 0) is 22.3 Å². The van der Waals surface area contributed by atoms with Gasteiger partial charge in [-0.15, -0.1) is 0 Å². The summed E-state index contributed by atoms with van der Waals surface area (Å²) in [4.78, 5) is 14.6. The Bertz CT molecular complexity index is 1090. The van der Waals surface area contributed by atoms with E-state index in [0.29, 0.717) is 22.2 Å². The van der Waals surface area contributed by atoms with Gasteiger partial charge >= 0.3 is 6.18 Å². The Kier molecular flexibility index (Phi) is 7.58. The minimum Gasteiger partial charge on any atom is -0.458 e. The van der Waals surface area contributed by atoms with E-state index in [9.17, 15) is 18.0 Å². The third-order valence-electron chi connectivity index (χ3n) is 4.48. The smallest absolute Gasteiger partial charge is 0.417 e. The molecular formula is C24H20F3NO2S2. The van der Waals surface area contributed by atoms with Gasteiger partial charge in [0.2, 0.25) is 0 Å². The third kappa shape index (κ3) is 5.69. The number of hydrogen-bond donors (Lipinski definition) is 0. The normalized spacial score (nSPS) is 16.1. The molecule has 0 unspecified atom stereocenters. The van der Waals surface area contributed by atoms with Crippen LogP contribution in [-0.4, -0.2) is 15.1 Å². The van der Waals surface area contributed by atoms with Crippen molar-refractivity contribution in [1.29, 1.82) is 0 Å². The molecule has 1 heterocycles. The van der Waals surface area contributed by atoms with Crippen molar-refractivity contribution in [3.63, 3.8) is 0 Å². The molecule has 2 aromatic carbocycles. The lowest BCUT2D eigenvalue weighted by molar-refractivity contribution is -0.137. The summed E-state index contributed by atoms with van der Waals surface area (Å²) < 4.78 is 46.4. The number of alkyl halides is 3. The van der Waals surface area contributed by atoms with Gasteiger partial charge in [0.15, 0.2) is 0 Å². The van der Waals surface area contributed by atoms with Gasteiger partial charge in [0, 0.05) is 5.56 Å². The first kappa shape index (κ1) is 23.8. The Morgan fingerprint density at radius 2 is 1.81 bits per heavy atom. The topological polar surface area (TPSA) is 29.5 Å². The fraction of sp³-hybridized carbons (Fsp3) is 0.167. The summed E-state index contributed by atoms with van der Waals surface area (Å²) in [5, 5.41) is 0. The molecule has 1 aliphatic heterocycles. The van der Waals surface area contributed by atoms with Crippen LogP contribution < -0.4 is 0 Å². The number of thiocarbonyl (C=S) groups is 1. The molecular weight excluding hydrogens is 455 g/mol. The Balaban J connectivity index is 1.80. The molecule has 3 nitrogen and oxygen atoms in total. The van der Waals surface area contributed by atoms with E-state index >= 15 is 0 Å². The molecule has 0 atom stereocenters. The highest BCUT2D eigenvalue weighted by Gasteiger charge is 2.35. The summed E-state index contributed by atoms with van der Waals surface area (Å²) in [6.45, 7) is 5.90. The first-order valence-electron chi connectivity index (χ1n) is 9.73. The first-order chi connectivity index (χ1) is 15.2. The van der Waals surface area contributed by atoms with Gasteiger partial charge in [0.1, 0.15) is 15.8 Å². The zero-order valence-electron chi connectivity index (χ0n) is 17.2. The zero-order chi connectivity index (χ0) is 23.3. The van der Waals surface area contributed by atoms with Crippen LogP contribution >= 0.6 is 24.0 Å². The second-order valence-electron chi connectivity index (χ2n) is 6.84. The molecule has 0 radical (unpaired) electrons. The van der Waals surface area contributed by atoms with Crippen molar-refractivity contribution in [3.05, 3.63) is 101 Å². The van der Waals surface area contributed by atoms with E-state index in [0.717, 1.165) is 23.4 Å². The molecule has 0 aliphatic carbocycles. The van der Waals surface area contributed by atoms with E-state index in [2.05, 4.69) is 6.58 Å². The van der Waals surface area contributed by atoms with E-state index in [1.807, 2.05) is 30.3 Å². The van der Waals surface area contributed by atoms with Gasteiger partial charge < -0.3 is 4.74 Å². The van der Waals surface area contributed by atoms with Crippen molar-refractivity contribution in [1.82, 2.24) is 4.90 Å². The summed E-state index contributed by atoms with van der Waals surface area (Å²) >= 11 is 6.43. The summed E-state index contributed by atoms with van der Waals surface area (Å²) in [6, 6.07) is 14.6. The van der Waals surface area contributed by atoms with Crippen molar-refractivity contribution >= 4 is 40.0 Å². The average molecular weight is 476 g/mol. The minimum absolute atomic E-state index is 0.0291. The van der Waals surface area contributed by atoms with Crippen LogP contribution in [0.25, 0.3) is 5.76 Å². The number of thioether (sulfide) groups is 1. The van der Waals surface area contributed by atoms with Crippen LogP contribution in [0.1, 0.15) is 30.0 Å². The largest absolute Gasteiger partial charge is 0.458 e. The zero-order valence-corrected chi connectivity index (χ0v) is 18.8. The van der Waals surface area contributed by atoms with Crippen LogP contribution in [0.15, 0.2) is 84.0 Å². The van der Waals surface area contributed by atoms with Gasteiger partial charge in [-0.2, -0.15) is 13.2 Å². The maximum absolute atomic E-state index is 13.4. The molecule has 166 valence electrons. The molecule has 2 aromatic rings. The van der Waals surface area contributed by atoms with Crippen molar-refractivity contribution in [2.24, 2.45) is 0 Å². The van der Waals surface area contributed by atoms with Gasteiger partial charge in [-0.3, -0.25) is 9.69 Å². The number of benzene rings is 2. The standard InChI is InChI=1S/C24H20F3NO2S2/c1-3-9-20(18-12-7-8-13-19(18)24(25,26)27)30-16(2)14-21-22(29)28(23(31)32-21)15-17-10-5-4-6-11-17/h4-14H,2-3,15H2,1H3/b20-9-,21-14-. The van der Waals surface area contributed by atoms with E-state index in [1.54, 1.807) is 13.0 Å². The fourth-order valence-electron chi connectivity index (χ4n) is 3.06. The number of ether oxygens (including phenoxy) is 1. The van der Waals surface area contributed by atoms with Crippen molar-refractivity contribution < 1.29 is 22.7 Å². The molecule has 32 heavy (non-hydrogen) atoms. The highest BCUT2D eigenvalue weighted by molar-refractivity contribution is 8.26. The van der Waals surface area contributed by atoms with Crippen LogP contribution in [0.5, 0.6) is 0 Å². The molecule has 1 aliphatic rings. The quantitative estimate of drug-likeness (QED) is 0.247. The van der Waals surface area contributed by atoms with Gasteiger partial charge in [-0.05, 0) is 30.2 Å². The molecule has 0 bridgehead atoms. The minimum atomic E-state index is -4.53. The molecule has 0 saturated carbocycles. The number of halogens is 3. The number of rotatable bonds is 7. The second-order valence-corrected chi connectivity index (χ2v) is 8.52. The van der Waals surface area contributed by atoms with Crippen LogP contribution in [0.3, 0.4) is 0 Å². The second kappa shape index (κ2) is 10.2. The van der Waals surface area contributed by atoms with Crippen LogP contribution in [0, 0.1) is 0 Å². The van der Waals surface area contributed by atoms with E-state index in [1.165, 1.54) is 29.2 Å². The molecule has 3 rings (SSSR count). The predicted molar refractivity (Wildman–Crippen MR) is 125 cm³/mol. The third-order valence-corrected chi connectivity index (χ3v) is 5.86. The Morgan fingerprint density at radius 3 is 2.47 bits per heavy atom. The van der Waals surface area contributed by atoms with Crippen molar-refractivity contribution in [2.45, 2.75) is 26.1 Å². The molecule has 1 amide bonds. The van der Waals surface area contributed by atoms with Crippen LogP contribution in [0.2, 0.25) is 0 Å². The van der Waals surface area contributed by atoms with E-state index < -0.39 is 11.7 Å². The number of carbonyl (C=O) groups excluding carboxylic acids is 1. The van der Waals surface area contributed by atoms with Gasteiger partial charge in [0.05, 0.1) is 17.0 Å². The maximum Gasteiger partial charge on any atom is 0.417 e. The lowest BCUT2D eigenvalue weighted by Gasteiger charge is -2.16. The number of amides is 1. The molecule has 8 heteroatoms. The monoisotopic (exact) mass is 475 g/mol. The molecule has 0 N–H and O–H groups in total. The fourth-order valence-corrected chi connectivity index (χ4v) is 4.31. The highest BCUT2D eigenvalue weighted by Crippen LogP contribution is 2.37. The van der Waals surface area contributed by atoms with Crippen LogP contribution in [0.4, 0.5) is 13.2 Å². The Labute approximate surface area is 194 Å². The number of allylic oxidation sites excluding steroid dienone is 2. The summed E-state index contributed by atoms with van der Waals surface area (Å²) in [5.41, 5.74) is 0.0340. The highest BCUT2D eigenvalue weighted by atomic mass is 32.2. The predicted octanol–water partition coefficient (Wildman–Crippen LogP) is 6.93. The summed E-state index contributed by atoms with van der Waals surface area (Å²) in [7, 11) is 0. The number of hydrogen-bond acceptors (Lipinski definition) is 4. The Hall–Kier alpha value is -2.84. The number of carbonyl (C=O) groups is 1. The van der Waals surface area contributed by atoms with E-state index in [-0.39, 0.29) is 23.0 Å². The molecule has 1 saturated heterocycles. The Morgan fingerprint density at radius 1 is 1.16 bits per heavy atom. The van der Waals surface area contributed by atoms with Gasteiger partial charge in [0.25, 0.3) is 5.91 Å². The van der Waals surface area contributed by atoms with Crippen molar-refractivity contribution in [3.8, 4) is 0 Å². The lowest BCUT2D eigenvalue weighted by Crippen LogP contribution is -2.27. The summed E-state index contributed by atoms with van der Waals surface area (Å²) in [5.74, 6) is -0.228. The van der Waals surface area contributed by atoms with Gasteiger partial charge in [-0.1, -0.05) is 86.0 Å². The lowest BCUT2D eigenvalue weighted by atomic mass is 10.0. The summed E-state index contributed by atoms with van der Waals surface area (Å²) in [6.07, 6.45) is -1.13.